The highest BCUT2D eigenvalue weighted by molar-refractivity contribution is 7.15. The predicted molar refractivity (Wildman–Crippen MR) is 105 cm³/mol. The molecular formula is C18H21ClN4OS. The maximum atomic E-state index is 12.1. The van der Waals surface area contributed by atoms with E-state index in [1.807, 2.05) is 46.4 Å². The zero-order chi connectivity index (χ0) is 16.4. The van der Waals surface area contributed by atoms with E-state index < -0.39 is 0 Å². The lowest BCUT2D eigenvalue weighted by molar-refractivity contribution is -0.116. The van der Waals surface area contributed by atoms with E-state index in [1.54, 1.807) is 11.3 Å². The molecule has 2 aromatic heterocycles. The highest BCUT2D eigenvalue weighted by Gasteiger charge is 2.15. The number of nitrogens with zero attached hydrogens (tertiary/aromatic N) is 2. The number of amides is 1. The molecule has 1 saturated heterocycles. The third-order valence-corrected chi connectivity index (χ3v) is 5.27. The summed E-state index contributed by atoms with van der Waals surface area (Å²) in [7, 11) is 0. The van der Waals surface area contributed by atoms with Gasteiger partial charge in [-0.05, 0) is 44.0 Å². The third kappa shape index (κ3) is 4.21. The van der Waals surface area contributed by atoms with Crippen molar-refractivity contribution in [2.75, 3.05) is 18.4 Å². The van der Waals surface area contributed by atoms with Gasteiger partial charge in [-0.25, -0.2) is 4.98 Å². The minimum atomic E-state index is 0. The van der Waals surface area contributed by atoms with E-state index >= 15 is 0 Å². The standard InChI is InChI=1S/C18H20N4OS.ClH/c23-17(6-1-13-7-8-19-11-13)20-15-4-2-14(3-5-15)16-12-22-9-10-24-18(22)21-16;/h2-5,9-10,12-13,19H,1,6-8,11H2,(H,20,23);1H. The van der Waals surface area contributed by atoms with Gasteiger partial charge in [0.15, 0.2) is 4.96 Å². The van der Waals surface area contributed by atoms with Crippen LogP contribution in [0.2, 0.25) is 0 Å². The highest BCUT2D eigenvalue weighted by Crippen LogP contribution is 2.23. The van der Waals surface area contributed by atoms with Crippen LogP contribution < -0.4 is 10.6 Å². The van der Waals surface area contributed by atoms with Crippen molar-refractivity contribution in [2.45, 2.75) is 19.3 Å². The fraction of sp³-hybridized carbons (Fsp3) is 0.333. The molecule has 1 fully saturated rings. The monoisotopic (exact) mass is 376 g/mol. The molecule has 7 heteroatoms. The number of imidazole rings is 1. The van der Waals surface area contributed by atoms with Gasteiger partial charge >= 0.3 is 0 Å². The second-order valence-electron chi connectivity index (χ2n) is 6.24. The molecule has 0 radical (unpaired) electrons. The summed E-state index contributed by atoms with van der Waals surface area (Å²) >= 11 is 1.62. The zero-order valence-electron chi connectivity index (χ0n) is 13.8. The lowest BCUT2D eigenvalue weighted by atomic mass is 10.0. The van der Waals surface area contributed by atoms with Crippen LogP contribution in [0.25, 0.3) is 16.2 Å². The predicted octanol–water partition coefficient (Wildman–Crippen LogP) is 3.81. The van der Waals surface area contributed by atoms with E-state index in [4.69, 9.17) is 0 Å². The molecule has 1 aliphatic heterocycles. The normalized spacial score (nSPS) is 16.7. The topological polar surface area (TPSA) is 58.4 Å². The van der Waals surface area contributed by atoms with Crippen LogP contribution in [0, 0.1) is 5.92 Å². The van der Waals surface area contributed by atoms with Crippen LogP contribution in [0.4, 0.5) is 5.69 Å². The maximum absolute atomic E-state index is 12.1. The second-order valence-corrected chi connectivity index (χ2v) is 7.12. The number of rotatable bonds is 5. The van der Waals surface area contributed by atoms with Gasteiger partial charge in [-0.3, -0.25) is 9.20 Å². The molecule has 1 unspecified atom stereocenters. The number of carbonyl (C=O) groups is 1. The van der Waals surface area contributed by atoms with E-state index in [0.29, 0.717) is 12.3 Å². The lowest BCUT2D eigenvalue weighted by Crippen LogP contribution is -2.14. The number of thiazole rings is 1. The summed E-state index contributed by atoms with van der Waals surface area (Å²) in [5.41, 5.74) is 2.85. The molecule has 1 atom stereocenters. The van der Waals surface area contributed by atoms with Crippen molar-refractivity contribution in [3.8, 4) is 11.3 Å². The van der Waals surface area contributed by atoms with Gasteiger partial charge in [0, 0.05) is 35.4 Å². The van der Waals surface area contributed by atoms with Crippen LogP contribution in [0.3, 0.4) is 0 Å². The van der Waals surface area contributed by atoms with Crippen molar-refractivity contribution >= 4 is 40.3 Å². The number of halogens is 1. The summed E-state index contributed by atoms with van der Waals surface area (Å²) < 4.78 is 2.02. The Morgan fingerprint density at radius 2 is 2.20 bits per heavy atom. The molecule has 0 saturated carbocycles. The minimum absolute atomic E-state index is 0. The largest absolute Gasteiger partial charge is 0.326 e. The van der Waals surface area contributed by atoms with E-state index in [0.717, 1.165) is 41.4 Å². The number of nitrogens with one attached hydrogen (secondary N) is 2. The number of carbonyl (C=O) groups excluding carboxylic acids is 1. The molecule has 0 aliphatic carbocycles. The van der Waals surface area contributed by atoms with Gasteiger partial charge in [-0.2, -0.15) is 0 Å². The molecule has 0 bridgehead atoms. The molecule has 25 heavy (non-hydrogen) atoms. The molecule has 3 aromatic rings. The molecule has 1 aromatic carbocycles. The number of benzene rings is 1. The van der Waals surface area contributed by atoms with Gasteiger partial charge in [0.1, 0.15) is 0 Å². The molecule has 1 aliphatic rings. The minimum Gasteiger partial charge on any atom is -0.326 e. The van der Waals surface area contributed by atoms with Gasteiger partial charge in [0.2, 0.25) is 5.91 Å². The summed E-state index contributed by atoms with van der Waals surface area (Å²) in [5.74, 6) is 0.741. The Bertz CT molecular complexity index is 808. The highest BCUT2D eigenvalue weighted by atomic mass is 35.5. The smallest absolute Gasteiger partial charge is 0.224 e. The summed E-state index contributed by atoms with van der Waals surface area (Å²) in [4.78, 5) is 17.6. The summed E-state index contributed by atoms with van der Waals surface area (Å²) in [5, 5.41) is 8.34. The van der Waals surface area contributed by atoms with Gasteiger partial charge < -0.3 is 10.6 Å². The van der Waals surface area contributed by atoms with Gasteiger partial charge in [0.05, 0.1) is 5.69 Å². The number of hydrogen-bond donors (Lipinski definition) is 2. The molecular weight excluding hydrogens is 356 g/mol. The van der Waals surface area contributed by atoms with Crippen LogP contribution in [0.15, 0.2) is 42.0 Å². The van der Waals surface area contributed by atoms with E-state index in [9.17, 15) is 4.79 Å². The first-order valence-corrected chi connectivity index (χ1v) is 9.19. The van der Waals surface area contributed by atoms with Crippen molar-refractivity contribution in [1.29, 1.82) is 0 Å². The number of hydrogen-bond acceptors (Lipinski definition) is 4. The molecule has 4 rings (SSSR count). The quantitative estimate of drug-likeness (QED) is 0.711. The lowest BCUT2D eigenvalue weighted by Gasteiger charge is -2.09. The van der Waals surface area contributed by atoms with Crippen LogP contribution in [0.5, 0.6) is 0 Å². The van der Waals surface area contributed by atoms with Crippen LogP contribution in [-0.4, -0.2) is 28.4 Å². The molecule has 3 heterocycles. The number of aromatic nitrogens is 2. The van der Waals surface area contributed by atoms with Gasteiger partial charge in [-0.15, -0.1) is 23.7 Å². The Balaban J connectivity index is 0.00000182. The second kappa shape index (κ2) is 7.99. The van der Waals surface area contributed by atoms with Crippen LogP contribution in [-0.2, 0) is 4.79 Å². The molecule has 1 amide bonds. The first-order chi connectivity index (χ1) is 11.8. The van der Waals surface area contributed by atoms with Crippen LogP contribution >= 0.6 is 23.7 Å². The molecule has 5 nitrogen and oxygen atoms in total. The third-order valence-electron chi connectivity index (χ3n) is 4.50. The fourth-order valence-electron chi connectivity index (χ4n) is 3.11. The number of fused-ring (bicyclic) bond motifs is 1. The van der Waals surface area contributed by atoms with Crippen molar-refractivity contribution in [3.63, 3.8) is 0 Å². The Morgan fingerprint density at radius 3 is 2.92 bits per heavy atom. The Morgan fingerprint density at radius 1 is 1.36 bits per heavy atom. The van der Waals surface area contributed by atoms with Crippen molar-refractivity contribution in [1.82, 2.24) is 14.7 Å². The molecule has 0 spiro atoms. The Kier molecular flexibility index (Phi) is 5.73. The van der Waals surface area contributed by atoms with Gasteiger partial charge in [-0.1, -0.05) is 12.1 Å². The van der Waals surface area contributed by atoms with E-state index in [2.05, 4.69) is 15.6 Å². The summed E-state index contributed by atoms with van der Waals surface area (Å²) in [6.45, 7) is 2.13. The number of anilines is 1. The zero-order valence-corrected chi connectivity index (χ0v) is 15.4. The summed E-state index contributed by atoms with van der Waals surface area (Å²) in [6, 6.07) is 7.89. The first kappa shape index (κ1) is 17.9. The average molecular weight is 377 g/mol. The average Bonchev–Trinajstić information content (AvgIpc) is 3.30. The van der Waals surface area contributed by atoms with Crippen molar-refractivity contribution < 1.29 is 4.79 Å². The van der Waals surface area contributed by atoms with E-state index in [1.165, 1.54) is 6.42 Å². The molecule has 2 N–H and O–H groups in total. The van der Waals surface area contributed by atoms with Crippen LogP contribution in [0.1, 0.15) is 19.3 Å². The van der Waals surface area contributed by atoms with Gasteiger partial charge in [0.25, 0.3) is 0 Å². The van der Waals surface area contributed by atoms with Crippen molar-refractivity contribution in [2.24, 2.45) is 5.92 Å². The first-order valence-electron chi connectivity index (χ1n) is 8.31. The SMILES string of the molecule is Cl.O=C(CCC1CCNC1)Nc1ccc(-c2cn3ccsc3n2)cc1. The fourth-order valence-corrected chi connectivity index (χ4v) is 3.81. The Hall–Kier alpha value is -1.89. The summed E-state index contributed by atoms with van der Waals surface area (Å²) in [6.07, 6.45) is 6.76. The van der Waals surface area contributed by atoms with Crippen molar-refractivity contribution in [3.05, 3.63) is 42.0 Å². The maximum Gasteiger partial charge on any atom is 0.224 e. The Labute approximate surface area is 156 Å². The molecule has 132 valence electrons. The van der Waals surface area contributed by atoms with E-state index in [-0.39, 0.29) is 18.3 Å².